The van der Waals surface area contributed by atoms with Crippen molar-refractivity contribution in [3.63, 3.8) is 0 Å². The van der Waals surface area contributed by atoms with Gasteiger partial charge in [-0.3, -0.25) is 9.71 Å². The van der Waals surface area contributed by atoms with Crippen LogP contribution in [0.4, 0.5) is 20.3 Å². The summed E-state index contributed by atoms with van der Waals surface area (Å²) >= 11 is 5.88. The number of ether oxygens (including phenoxy) is 1. The molecule has 3 heterocycles. The fourth-order valence-electron chi connectivity index (χ4n) is 3.38. The number of aromatic nitrogens is 3. The van der Waals surface area contributed by atoms with E-state index in [0.29, 0.717) is 22.4 Å². The lowest BCUT2D eigenvalue weighted by Gasteiger charge is -2.14. The summed E-state index contributed by atoms with van der Waals surface area (Å²) in [5, 5.41) is 3.56. The standard InChI is InChI=1S/C22H18ClF2N5O3S/c1-11-15(4-12-9-27-20(26-2)8-18(12)29-11)16-6-14(7-17(24)21(16)25)30-34(31,32)19-5-13(23)10-28-22(19)33-3/h4-10,30H,1-3H3,(H,26,27). The van der Waals surface area contributed by atoms with Crippen LogP contribution in [0.5, 0.6) is 5.88 Å². The van der Waals surface area contributed by atoms with Gasteiger partial charge < -0.3 is 10.1 Å². The Bertz CT molecular complexity index is 1530. The number of hydrogen-bond donors (Lipinski definition) is 2. The van der Waals surface area contributed by atoms with Crippen molar-refractivity contribution < 1.29 is 21.9 Å². The molecule has 0 fully saturated rings. The van der Waals surface area contributed by atoms with E-state index in [-0.39, 0.29) is 32.6 Å². The van der Waals surface area contributed by atoms with Gasteiger partial charge in [-0.15, -0.1) is 0 Å². The number of aryl methyl sites for hydroxylation is 1. The highest BCUT2D eigenvalue weighted by atomic mass is 35.5. The van der Waals surface area contributed by atoms with Crippen LogP contribution >= 0.6 is 11.6 Å². The number of benzene rings is 1. The zero-order chi connectivity index (χ0) is 24.6. The van der Waals surface area contributed by atoms with Crippen molar-refractivity contribution in [3.05, 3.63) is 65.1 Å². The minimum atomic E-state index is -4.30. The predicted molar refractivity (Wildman–Crippen MR) is 126 cm³/mol. The molecule has 176 valence electrons. The maximum absolute atomic E-state index is 14.8. The number of sulfonamides is 1. The predicted octanol–water partition coefficient (Wildman–Crippen LogP) is 4.78. The second-order valence-electron chi connectivity index (χ2n) is 7.22. The van der Waals surface area contributed by atoms with Crippen molar-refractivity contribution in [3.8, 4) is 17.0 Å². The van der Waals surface area contributed by atoms with Gasteiger partial charge in [0, 0.05) is 53.8 Å². The molecule has 4 aromatic rings. The van der Waals surface area contributed by atoms with E-state index in [4.69, 9.17) is 16.3 Å². The van der Waals surface area contributed by atoms with Crippen molar-refractivity contribution in [1.29, 1.82) is 0 Å². The molecule has 0 bridgehead atoms. The highest BCUT2D eigenvalue weighted by molar-refractivity contribution is 7.92. The summed E-state index contributed by atoms with van der Waals surface area (Å²) in [7, 11) is -1.34. The topological polar surface area (TPSA) is 106 Å². The lowest BCUT2D eigenvalue weighted by molar-refractivity contribution is 0.385. The molecule has 34 heavy (non-hydrogen) atoms. The lowest BCUT2D eigenvalue weighted by Crippen LogP contribution is -2.15. The van der Waals surface area contributed by atoms with Crippen LogP contribution in [0.25, 0.3) is 22.0 Å². The molecule has 8 nitrogen and oxygen atoms in total. The van der Waals surface area contributed by atoms with Crippen molar-refractivity contribution in [1.82, 2.24) is 15.0 Å². The van der Waals surface area contributed by atoms with Crippen LogP contribution in [-0.4, -0.2) is 37.5 Å². The highest BCUT2D eigenvalue weighted by Gasteiger charge is 2.24. The number of halogens is 3. The van der Waals surface area contributed by atoms with Gasteiger partial charge in [0.05, 0.1) is 23.3 Å². The molecule has 0 amide bonds. The van der Waals surface area contributed by atoms with Crippen LogP contribution in [0.1, 0.15) is 5.69 Å². The average Bonchev–Trinajstić information content (AvgIpc) is 2.80. The lowest BCUT2D eigenvalue weighted by atomic mass is 10.0. The third-order valence-electron chi connectivity index (χ3n) is 4.98. The molecular formula is C22H18ClF2N5O3S. The molecule has 3 aromatic heterocycles. The number of anilines is 2. The Hall–Kier alpha value is -3.57. The molecule has 0 aliphatic rings. The highest BCUT2D eigenvalue weighted by Crippen LogP contribution is 2.34. The van der Waals surface area contributed by atoms with Crippen molar-refractivity contribution >= 4 is 44.0 Å². The summed E-state index contributed by atoms with van der Waals surface area (Å²) in [6.45, 7) is 1.64. The molecule has 0 spiro atoms. The second kappa shape index (κ2) is 8.99. The Morgan fingerprint density at radius 3 is 2.50 bits per heavy atom. The molecule has 0 saturated carbocycles. The molecular weight excluding hydrogens is 488 g/mol. The van der Waals surface area contributed by atoms with Gasteiger partial charge in [0.1, 0.15) is 5.82 Å². The molecule has 0 unspecified atom stereocenters. The van der Waals surface area contributed by atoms with E-state index < -0.39 is 21.7 Å². The zero-order valence-corrected chi connectivity index (χ0v) is 19.7. The van der Waals surface area contributed by atoms with Gasteiger partial charge in [-0.05, 0) is 25.1 Å². The summed E-state index contributed by atoms with van der Waals surface area (Å²) in [5.41, 5.74) is 0.933. The van der Waals surface area contributed by atoms with Gasteiger partial charge in [0.25, 0.3) is 10.0 Å². The van der Waals surface area contributed by atoms with Gasteiger partial charge >= 0.3 is 0 Å². The Balaban J connectivity index is 1.81. The third kappa shape index (κ3) is 4.44. The first kappa shape index (κ1) is 23.6. The number of pyridine rings is 3. The molecule has 0 atom stereocenters. The van der Waals surface area contributed by atoms with E-state index in [1.165, 1.54) is 19.4 Å². The Morgan fingerprint density at radius 1 is 1.03 bits per heavy atom. The molecule has 0 saturated heterocycles. The summed E-state index contributed by atoms with van der Waals surface area (Å²) in [4.78, 5) is 12.2. The first-order valence-corrected chi connectivity index (χ1v) is 11.7. The average molecular weight is 506 g/mol. The maximum atomic E-state index is 14.8. The number of methoxy groups -OCH3 is 1. The fourth-order valence-corrected chi connectivity index (χ4v) is 4.79. The maximum Gasteiger partial charge on any atom is 0.267 e. The summed E-state index contributed by atoms with van der Waals surface area (Å²) in [6.07, 6.45) is 2.77. The zero-order valence-electron chi connectivity index (χ0n) is 18.1. The van der Waals surface area contributed by atoms with E-state index in [1.54, 1.807) is 32.3 Å². The third-order valence-corrected chi connectivity index (χ3v) is 6.57. The first-order chi connectivity index (χ1) is 16.1. The molecule has 4 rings (SSSR count). The van der Waals surface area contributed by atoms with Gasteiger partial charge in [0.2, 0.25) is 5.88 Å². The Morgan fingerprint density at radius 2 is 1.79 bits per heavy atom. The van der Waals surface area contributed by atoms with E-state index in [9.17, 15) is 17.2 Å². The fraction of sp³-hybridized carbons (Fsp3) is 0.136. The minimum Gasteiger partial charge on any atom is -0.480 e. The molecule has 1 aromatic carbocycles. The van der Waals surface area contributed by atoms with E-state index in [1.807, 2.05) is 0 Å². The number of rotatable bonds is 6. The molecule has 0 aliphatic heterocycles. The Labute approximate surface area is 199 Å². The molecule has 0 radical (unpaired) electrons. The monoisotopic (exact) mass is 505 g/mol. The summed E-state index contributed by atoms with van der Waals surface area (Å²) in [6, 6.07) is 6.40. The summed E-state index contributed by atoms with van der Waals surface area (Å²) in [5.74, 6) is -1.99. The quantitative estimate of drug-likeness (QED) is 0.388. The molecule has 0 aliphatic carbocycles. The minimum absolute atomic E-state index is 0.0556. The molecule has 2 N–H and O–H groups in total. The van der Waals surface area contributed by atoms with Gasteiger partial charge in [-0.1, -0.05) is 11.6 Å². The van der Waals surface area contributed by atoms with Crippen LogP contribution in [-0.2, 0) is 10.0 Å². The summed E-state index contributed by atoms with van der Waals surface area (Å²) < 4.78 is 62.5. The van der Waals surface area contributed by atoms with E-state index >= 15 is 0 Å². The number of nitrogens with zero attached hydrogens (tertiary/aromatic N) is 3. The van der Waals surface area contributed by atoms with E-state index in [2.05, 4.69) is 25.0 Å². The van der Waals surface area contributed by atoms with Crippen LogP contribution in [0.3, 0.4) is 0 Å². The SMILES string of the molecule is CNc1cc2nc(C)c(-c3cc(NS(=O)(=O)c4cc(Cl)cnc4OC)cc(F)c3F)cc2cn1. The second-order valence-corrected chi connectivity index (χ2v) is 9.31. The smallest absolute Gasteiger partial charge is 0.267 e. The van der Waals surface area contributed by atoms with E-state index in [0.717, 1.165) is 12.1 Å². The number of hydrogen-bond acceptors (Lipinski definition) is 7. The largest absolute Gasteiger partial charge is 0.480 e. The number of nitrogens with one attached hydrogen (secondary N) is 2. The van der Waals surface area contributed by atoms with Crippen molar-refractivity contribution in [2.75, 3.05) is 24.2 Å². The van der Waals surface area contributed by atoms with Gasteiger partial charge in [-0.2, -0.15) is 0 Å². The van der Waals surface area contributed by atoms with Crippen LogP contribution in [0, 0.1) is 18.6 Å². The van der Waals surface area contributed by atoms with Crippen molar-refractivity contribution in [2.45, 2.75) is 11.8 Å². The number of fused-ring (bicyclic) bond motifs is 1. The molecule has 12 heteroatoms. The van der Waals surface area contributed by atoms with Gasteiger partial charge in [0.15, 0.2) is 16.5 Å². The normalized spacial score (nSPS) is 11.5. The van der Waals surface area contributed by atoms with Crippen LogP contribution in [0.15, 0.2) is 47.6 Å². The van der Waals surface area contributed by atoms with Crippen LogP contribution < -0.4 is 14.8 Å². The first-order valence-electron chi connectivity index (χ1n) is 9.80. The van der Waals surface area contributed by atoms with Crippen molar-refractivity contribution in [2.24, 2.45) is 0 Å². The Kier molecular flexibility index (Phi) is 6.24. The van der Waals surface area contributed by atoms with Gasteiger partial charge in [-0.25, -0.2) is 27.2 Å². The van der Waals surface area contributed by atoms with Crippen LogP contribution in [0.2, 0.25) is 5.02 Å².